The lowest BCUT2D eigenvalue weighted by molar-refractivity contribution is 0.102. The Kier molecular flexibility index (Phi) is 6.77. The first-order valence-electron chi connectivity index (χ1n) is 10.8. The number of sulfonamides is 1. The zero-order chi connectivity index (χ0) is 25.2. The number of methoxy groups -OCH3 is 1. The molecule has 10 heteroatoms. The Bertz CT molecular complexity index is 1500. The Labute approximate surface area is 204 Å². The Hall–Kier alpha value is -3.89. The Morgan fingerprint density at radius 2 is 1.86 bits per heavy atom. The summed E-state index contributed by atoms with van der Waals surface area (Å²) in [6, 6.07) is 15.0. The first kappa shape index (κ1) is 24.2. The van der Waals surface area contributed by atoms with Crippen molar-refractivity contribution in [1.82, 2.24) is 13.7 Å². The first-order valence-corrected chi connectivity index (χ1v) is 12.2. The van der Waals surface area contributed by atoms with Gasteiger partial charge in [-0.1, -0.05) is 18.2 Å². The number of benzene rings is 2. The van der Waals surface area contributed by atoms with Crippen LogP contribution in [0.5, 0.6) is 11.5 Å². The minimum Gasteiger partial charge on any atom is -0.495 e. The summed E-state index contributed by atoms with van der Waals surface area (Å²) in [7, 11) is 0.630. The average Bonchev–Trinajstić information content (AvgIpc) is 3.27. The third-order valence-corrected chi connectivity index (χ3v) is 7.24. The van der Waals surface area contributed by atoms with E-state index < -0.39 is 15.9 Å². The number of hydrogen-bond donors (Lipinski definition) is 1. The van der Waals surface area contributed by atoms with E-state index in [1.807, 2.05) is 35.9 Å². The maximum Gasteiger partial charge on any atom is 0.259 e. The number of carbonyl (C=O) groups is 1. The predicted octanol–water partition coefficient (Wildman–Crippen LogP) is 3.73. The number of aromatic nitrogens is 2. The van der Waals surface area contributed by atoms with E-state index in [2.05, 4.69) is 10.3 Å². The van der Waals surface area contributed by atoms with Crippen LogP contribution in [0.1, 0.15) is 21.6 Å². The number of imidazole rings is 1. The standard InChI is InChI=1S/C25H26N4O5S/c1-17-8-7-13-29-15-18(26-24(17)29)16-34-22-10-6-5-9-20(22)25(30)27-21-14-19(11-12-23(21)33-4)35(31,32)28(2)3/h5-15H,16H2,1-4H3,(H,27,30). The van der Waals surface area contributed by atoms with Gasteiger partial charge in [-0.2, -0.15) is 0 Å². The largest absolute Gasteiger partial charge is 0.495 e. The third kappa shape index (κ3) is 4.98. The van der Waals surface area contributed by atoms with Crippen molar-refractivity contribution in [3.05, 3.63) is 83.8 Å². The minimum atomic E-state index is -3.69. The van der Waals surface area contributed by atoms with Crippen molar-refractivity contribution >= 4 is 27.3 Å². The summed E-state index contributed by atoms with van der Waals surface area (Å²) in [5.74, 6) is 0.230. The molecule has 0 aliphatic rings. The Balaban J connectivity index is 1.57. The zero-order valence-electron chi connectivity index (χ0n) is 19.8. The molecule has 0 bridgehead atoms. The number of rotatable bonds is 8. The van der Waals surface area contributed by atoms with Gasteiger partial charge in [0.2, 0.25) is 10.0 Å². The number of carbonyl (C=O) groups excluding carboxylic acids is 1. The molecule has 1 N–H and O–H groups in total. The zero-order valence-corrected chi connectivity index (χ0v) is 20.7. The summed E-state index contributed by atoms with van der Waals surface area (Å²) in [6.07, 6.45) is 3.80. The summed E-state index contributed by atoms with van der Waals surface area (Å²) >= 11 is 0. The highest BCUT2D eigenvalue weighted by atomic mass is 32.2. The van der Waals surface area contributed by atoms with Gasteiger partial charge in [-0.15, -0.1) is 0 Å². The highest BCUT2D eigenvalue weighted by molar-refractivity contribution is 7.89. The number of amides is 1. The Morgan fingerprint density at radius 3 is 2.57 bits per heavy atom. The molecule has 0 aliphatic heterocycles. The number of nitrogens with zero attached hydrogens (tertiary/aromatic N) is 3. The topological polar surface area (TPSA) is 102 Å². The number of ether oxygens (including phenoxy) is 2. The van der Waals surface area contributed by atoms with Crippen LogP contribution < -0.4 is 14.8 Å². The van der Waals surface area contributed by atoms with Gasteiger partial charge in [0, 0.05) is 26.5 Å². The number of hydrogen-bond acceptors (Lipinski definition) is 6. The monoisotopic (exact) mass is 494 g/mol. The Morgan fingerprint density at radius 1 is 1.09 bits per heavy atom. The second-order valence-corrected chi connectivity index (χ2v) is 10.2. The SMILES string of the molecule is COc1ccc(S(=O)(=O)N(C)C)cc1NC(=O)c1ccccc1OCc1cn2cccc(C)c2n1. The van der Waals surface area contributed by atoms with Gasteiger partial charge in [-0.25, -0.2) is 17.7 Å². The van der Waals surface area contributed by atoms with E-state index in [9.17, 15) is 13.2 Å². The van der Waals surface area contributed by atoms with Crippen molar-refractivity contribution in [1.29, 1.82) is 0 Å². The molecule has 0 saturated heterocycles. The van der Waals surface area contributed by atoms with Crippen molar-refractivity contribution in [2.24, 2.45) is 0 Å². The number of nitrogens with one attached hydrogen (secondary N) is 1. The first-order chi connectivity index (χ1) is 16.7. The molecule has 2 heterocycles. The van der Waals surface area contributed by atoms with Crippen molar-refractivity contribution in [3.63, 3.8) is 0 Å². The molecule has 0 aliphatic carbocycles. The lowest BCUT2D eigenvalue weighted by atomic mass is 10.1. The van der Waals surface area contributed by atoms with E-state index >= 15 is 0 Å². The highest BCUT2D eigenvalue weighted by Gasteiger charge is 2.21. The van der Waals surface area contributed by atoms with Crippen LogP contribution in [0.25, 0.3) is 5.65 Å². The van der Waals surface area contributed by atoms with Gasteiger partial charge in [0.05, 0.1) is 29.0 Å². The van der Waals surface area contributed by atoms with E-state index in [1.165, 1.54) is 39.4 Å². The minimum absolute atomic E-state index is 0.0327. The molecule has 0 fully saturated rings. The van der Waals surface area contributed by atoms with Crippen molar-refractivity contribution in [2.45, 2.75) is 18.4 Å². The second kappa shape index (κ2) is 9.77. The number of anilines is 1. The fraction of sp³-hybridized carbons (Fsp3) is 0.200. The number of fused-ring (bicyclic) bond motifs is 1. The predicted molar refractivity (Wildman–Crippen MR) is 133 cm³/mol. The van der Waals surface area contributed by atoms with Crippen LogP contribution in [0, 0.1) is 6.92 Å². The van der Waals surface area contributed by atoms with Crippen LogP contribution in [0.2, 0.25) is 0 Å². The summed E-state index contributed by atoms with van der Waals surface area (Å²) in [5, 5.41) is 2.75. The molecular formula is C25H26N4O5S. The van der Waals surface area contributed by atoms with Crippen LogP contribution in [0.15, 0.2) is 71.9 Å². The van der Waals surface area contributed by atoms with Crippen molar-refractivity contribution in [2.75, 3.05) is 26.5 Å². The molecule has 0 atom stereocenters. The third-order valence-electron chi connectivity index (χ3n) is 5.43. The molecule has 1 amide bonds. The van der Waals surface area contributed by atoms with Gasteiger partial charge in [-0.3, -0.25) is 4.79 Å². The molecule has 9 nitrogen and oxygen atoms in total. The van der Waals surface area contributed by atoms with Crippen LogP contribution >= 0.6 is 0 Å². The maximum absolute atomic E-state index is 13.2. The summed E-state index contributed by atoms with van der Waals surface area (Å²) < 4.78 is 39.4. The molecular weight excluding hydrogens is 468 g/mol. The molecule has 0 spiro atoms. The molecule has 182 valence electrons. The van der Waals surface area contributed by atoms with E-state index in [-0.39, 0.29) is 22.8 Å². The summed E-state index contributed by atoms with van der Waals surface area (Å²) in [4.78, 5) is 17.8. The average molecular weight is 495 g/mol. The van der Waals surface area contributed by atoms with Crippen LogP contribution in [-0.4, -0.2) is 49.2 Å². The molecule has 2 aromatic carbocycles. The van der Waals surface area contributed by atoms with Crippen LogP contribution in [-0.2, 0) is 16.6 Å². The van der Waals surface area contributed by atoms with Crippen molar-refractivity contribution < 1.29 is 22.7 Å². The fourth-order valence-corrected chi connectivity index (χ4v) is 4.48. The van der Waals surface area contributed by atoms with Gasteiger partial charge in [0.25, 0.3) is 5.91 Å². The lowest BCUT2D eigenvalue weighted by Crippen LogP contribution is -2.22. The molecule has 4 aromatic rings. The fourth-order valence-electron chi connectivity index (χ4n) is 3.55. The quantitative estimate of drug-likeness (QED) is 0.400. The van der Waals surface area contributed by atoms with Gasteiger partial charge < -0.3 is 19.2 Å². The summed E-state index contributed by atoms with van der Waals surface area (Å²) in [5.41, 5.74) is 3.13. The smallest absolute Gasteiger partial charge is 0.259 e. The highest BCUT2D eigenvalue weighted by Crippen LogP contribution is 2.30. The molecule has 35 heavy (non-hydrogen) atoms. The van der Waals surface area contributed by atoms with E-state index in [4.69, 9.17) is 9.47 Å². The molecule has 0 unspecified atom stereocenters. The van der Waals surface area contributed by atoms with E-state index in [0.29, 0.717) is 11.5 Å². The molecule has 0 radical (unpaired) electrons. The summed E-state index contributed by atoms with van der Waals surface area (Å²) in [6.45, 7) is 2.16. The number of para-hydroxylation sites is 1. The van der Waals surface area contributed by atoms with Crippen LogP contribution in [0.4, 0.5) is 5.69 Å². The molecule has 2 aromatic heterocycles. The van der Waals surface area contributed by atoms with Crippen LogP contribution in [0.3, 0.4) is 0 Å². The van der Waals surface area contributed by atoms with Gasteiger partial charge >= 0.3 is 0 Å². The molecule has 4 rings (SSSR count). The van der Waals surface area contributed by atoms with E-state index in [1.54, 1.807) is 24.3 Å². The van der Waals surface area contributed by atoms with E-state index in [0.717, 1.165) is 21.2 Å². The number of pyridine rings is 1. The lowest BCUT2D eigenvalue weighted by Gasteiger charge is -2.16. The van der Waals surface area contributed by atoms with Crippen molar-refractivity contribution in [3.8, 4) is 11.5 Å². The molecule has 0 saturated carbocycles. The van der Waals surface area contributed by atoms with Gasteiger partial charge in [0.15, 0.2) is 0 Å². The van der Waals surface area contributed by atoms with Gasteiger partial charge in [0.1, 0.15) is 23.8 Å². The normalized spacial score (nSPS) is 11.6. The number of aryl methyl sites for hydroxylation is 1. The second-order valence-electron chi connectivity index (χ2n) is 8.04. The maximum atomic E-state index is 13.2. The van der Waals surface area contributed by atoms with Gasteiger partial charge in [-0.05, 0) is 48.9 Å².